The minimum Gasteiger partial charge on any atom is -0.395 e. The summed E-state index contributed by atoms with van der Waals surface area (Å²) < 4.78 is 1.90. The lowest BCUT2D eigenvalue weighted by Crippen LogP contribution is -2.43. The van der Waals surface area contributed by atoms with Gasteiger partial charge in [-0.2, -0.15) is 0 Å². The maximum atomic E-state index is 12.9. The van der Waals surface area contributed by atoms with E-state index in [2.05, 4.69) is 5.32 Å². The van der Waals surface area contributed by atoms with Crippen LogP contribution in [0, 0.1) is 11.3 Å². The molecular weight excluding hydrogens is 336 g/mol. The van der Waals surface area contributed by atoms with Gasteiger partial charge in [-0.05, 0) is 62.0 Å². The second kappa shape index (κ2) is 6.65. The molecule has 0 spiro atoms. The number of aliphatic hydroxyl groups is 1. The predicted octanol–water partition coefficient (Wildman–Crippen LogP) is 3.99. The predicted molar refractivity (Wildman–Crippen MR) is 100.0 cm³/mol. The topological polar surface area (TPSA) is 54.3 Å². The van der Waals surface area contributed by atoms with Crippen LogP contribution in [-0.4, -0.2) is 28.7 Å². The molecule has 1 aromatic carbocycles. The Kier molecular flexibility index (Phi) is 4.50. The summed E-state index contributed by atoms with van der Waals surface area (Å²) in [6.45, 7) is 1.24. The Morgan fingerprint density at radius 2 is 2.00 bits per heavy atom. The third-order valence-corrected chi connectivity index (χ3v) is 6.63. The van der Waals surface area contributed by atoms with Crippen molar-refractivity contribution in [3.63, 3.8) is 0 Å². The molecule has 1 heterocycles. The largest absolute Gasteiger partial charge is 0.395 e. The molecule has 5 rings (SSSR count). The summed E-state index contributed by atoms with van der Waals surface area (Å²) in [7, 11) is 0. The van der Waals surface area contributed by atoms with Crippen LogP contribution in [0.2, 0.25) is 5.02 Å². The van der Waals surface area contributed by atoms with Gasteiger partial charge in [-0.25, -0.2) is 0 Å². The highest BCUT2D eigenvalue weighted by Gasteiger charge is 2.40. The van der Waals surface area contributed by atoms with Crippen molar-refractivity contribution < 1.29 is 9.90 Å². The van der Waals surface area contributed by atoms with Gasteiger partial charge in [0.25, 0.3) is 5.91 Å². The van der Waals surface area contributed by atoms with Gasteiger partial charge in [-0.3, -0.25) is 4.79 Å². The molecule has 134 valence electrons. The van der Waals surface area contributed by atoms with E-state index in [4.69, 9.17) is 11.6 Å². The van der Waals surface area contributed by atoms with Crippen LogP contribution in [0.1, 0.15) is 48.9 Å². The molecule has 1 aromatic heterocycles. The van der Waals surface area contributed by atoms with Crippen molar-refractivity contribution in [2.45, 2.75) is 45.1 Å². The van der Waals surface area contributed by atoms with Crippen molar-refractivity contribution in [3.8, 4) is 0 Å². The number of benzene rings is 1. The molecule has 4 nitrogen and oxygen atoms in total. The first-order chi connectivity index (χ1) is 12.1. The number of amides is 1. The summed E-state index contributed by atoms with van der Waals surface area (Å²) in [6, 6.07) is 5.62. The Bertz CT molecular complexity index is 777. The quantitative estimate of drug-likeness (QED) is 0.847. The second-order valence-electron chi connectivity index (χ2n) is 7.76. The maximum absolute atomic E-state index is 12.9. The van der Waals surface area contributed by atoms with Gasteiger partial charge in [0, 0.05) is 24.7 Å². The first-order valence-corrected chi connectivity index (χ1v) is 9.66. The molecule has 0 atom stereocenters. The standard InChI is InChI=1S/C20H25ClN2O2/c21-16-2-1-3-17-18(16)15(12-23(17)10-11-24)19(25)22-13-20-7-4-14(5-8-20)6-9-20/h1-3,12,14,24H,4-11,13H2,(H,22,25). The van der Waals surface area contributed by atoms with E-state index in [1.165, 1.54) is 38.5 Å². The molecule has 2 bridgehead atoms. The molecule has 25 heavy (non-hydrogen) atoms. The Morgan fingerprint density at radius 3 is 2.68 bits per heavy atom. The van der Waals surface area contributed by atoms with Crippen LogP contribution < -0.4 is 5.32 Å². The minimum absolute atomic E-state index is 0.0294. The molecule has 1 amide bonds. The third-order valence-electron chi connectivity index (χ3n) is 6.31. The molecule has 3 saturated carbocycles. The van der Waals surface area contributed by atoms with Gasteiger partial charge < -0.3 is 15.0 Å². The zero-order chi connectivity index (χ0) is 17.4. The number of nitrogens with zero attached hydrogens (tertiary/aromatic N) is 1. The summed E-state index contributed by atoms with van der Waals surface area (Å²) in [4.78, 5) is 12.9. The Morgan fingerprint density at radius 1 is 1.28 bits per heavy atom. The highest BCUT2D eigenvalue weighted by molar-refractivity contribution is 6.36. The monoisotopic (exact) mass is 360 g/mol. The molecular formula is C20H25ClN2O2. The zero-order valence-electron chi connectivity index (χ0n) is 14.4. The average molecular weight is 361 g/mol. The lowest BCUT2D eigenvalue weighted by molar-refractivity contribution is 0.0598. The lowest BCUT2D eigenvalue weighted by Gasteiger charge is -2.46. The van der Waals surface area contributed by atoms with Gasteiger partial charge in [0.2, 0.25) is 0 Å². The fourth-order valence-electron chi connectivity index (χ4n) is 4.74. The number of carbonyl (C=O) groups is 1. The molecule has 0 aliphatic heterocycles. The molecule has 2 N–H and O–H groups in total. The number of halogens is 1. The number of hydrogen-bond acceptors (Lipinski definition) is 2. The molecule has 2 aromatic rings. The molecule has 3 aliphatic rings. The van der Waals surface area contributed by atoms with Crippen molar-refractivity contribution in [3.05, 3.63) is 35.0 Å². The number of hydrogen-bond donors (Lipinski definition) is 2. The summed E-state index contributed by atoms with van der Waals surface area (Å²) in [5.41, 5.74) is 1.80. The van der Waals surface area contributed by atoms with E-state index in [9.17, 15) is 9.90 Å². The summed E-state index contributed by atoms with van der Waals surface area (Å²) >= 11 is 6.37. The number of rotatable bonds is 5. The van der Waals surface area contributed by atoms with Gasteiger partial charge in [0.15, 0.2) is 0 Å². The first kappa shape index (κ1) is 16.9. The van der Waals surface area contributed by atoms with Crippen LogP contribution in [-0.2, 0) is 6.54 Å². The zero-order valence-corrected chi connectivity index (χ0v) is 15.2. The summed E-state index contributed by atoms with van der Waals surface area (Å²) in [5.74, 6) is 0.865. The smallest absolute Gasteiger partial charge is 0.253 e. The fourth-order valence-corrected chi connectivity index (χ4v) is 5.01. The molecule has 0 radical (unpaired) electrons. The van der Waals surface area contributed by atoms with E-state index in [0.29, 0.717) is 22.5 Å². The van der Waals surface area contributed by atoms with Gasteiger partial charge in [-0.15, -0.1) is 0 Å². The van der Waals surface area contributed by atoms with Crippen molar-refractivity contribution >= 4 is 28.4 Å². The number of aliphatic hydroxyl groups excluding tert-OH is 1. The van der Waals surface area contributed by atoms with Crippen molar-refractivity contribution in [1.82, 2.24) is 9.88 Å². The van der Waals surface area contributed by atoms with E-state index in [1.807, 2.05) is 29.0 Å². The van der Waals surface area contributed by atoms with Crippen molar-refractivity contribution in [2.75, 3.05) is 13.2 Å². The van der Waals surface area contributed by atoms with Crippen LogP contribution in [0.15, 0.2) is 24.4 Å². The Hall–Kier alpha value is -1.52. The van der Waals surface area contributed by atoms with Crippen LogP contribution in [0.3, 0.4) is 0 Å². The highest BCUT2D eigenvalue weighted by atomic mass is 35.5. The SMILES string of the molecule is O=C(NCC12CCC(CC1)CC2)c1cn(CCO)c2cccc(Cl)c12. The number of fused-ring (bicyclic) bond motifs is 4. The van der Waals surface area contributed by atoms with Gasteiger partial charge >= 0.3 is 0 Å². The van der Waals surface area contributed by atoms with E-state index < -0.39 is 0 Å². The van der Waals surface area contributed by atoms with Crippen LogP contribution in [0.25, 0.3) is 10.9 Å². The Balaban J connectivity index is 1.57. The third kappa shape index (κ3) is 3.06. The molecule has 0 saturated heterocycles. The molecule has 0 unspecified atom stereocenters. The van der Waals surface area contributed by atoms with E-state index in [1.54, 1.807) is 0 Å². The molecule has 3 fully saturated rings. The van der Waals surface area contributed by atoms with E-state index >= 15 is 0 Å². The van der Waals surface area contributed by atoms with Crippen molar-refractivity contribution in [1.29, 1.82) is 0 Å². The van der Waals surface area contributed by atoms with Gasteiger partial charge in [0.05, 0.1) is 22.7 Å². The van der Waals surface area contributed by atoms with Crippen LogP contribution in [0.5, 0.6) is 0 Å². The first-order valence-electron chi connectivity index (χ1n) is 9.28. The van der Waals surface area contributed by atoms with Crippen LogP contribution >= 0.6 is 11.6 Å². The number of nitrogens with one attached hydrogen (secondary N) is 1. The lowest BCUT2D eigenvalue weighted by atomic mass is 9.61. The average Bonchev–Trinajstić information content (AvgIpc) is 3.02. The second-order valence-corrected chi connectivity index (χ2v) is 8.17. The van der Waals surface area contributed by atoms with Crippen LogP contribution in [0.4, 0.5) is 0 Å². The minimum atomic E-state index is -0.0585. The summed E-state index contributed by atoms with van der Waals surface area (Å²) in [6.07, 6.45) is 9.49. The molecule has 5 heteroatoms. The van der Waals surface area contributed by atoms with E-state index in [-0.39, 0.29) is 12.5 Å². The Labute approximate surface area is 153 Å². The maximum Gasteiger partial charge on any atom is 0.253 e. The fraction of sp³-hybridized carbons (Fsp3) is 0.550. The van der Waals surface area contributed by atoms with Crippen molar-refractivity contribution in [2.24, 2.45) is 11.3 Å². The number of carbonyl (C=O) groups excluding carboxylic acids is 1. The van der Waals surface area contributed by atoms with E-state index in [0.717, 1.165) is 23.4 Å². The highest BCUT2D eigenvalue weighted by Crippen LogP contribution is 2.49. The number of aromatic nitrogens is 1. The molecule has 3 aliphatic carbocycles. The van der Waals surface area contributed by atoms with Gasteiger partial charge in [0.1, 0.15) is 0 Å². The van der Waals surface area contributed by atoms with Gasteiger partial charge in [-0.1, -0.05) is 17.7 Å². The normalized spacial score (nSPS) is 25.4. The summed E-state index contributed by atoms with van der Waals surface area (Å²) in [5, 5.41) is 13.8.